The van der Waals surface area contributed by atoms with Gasteiger partial charge in [0.15, 0.2) is 0 Å². The Morgan fingerprint density at radius 3 is 2.43 bits per heavy atom. The van der Waals surface area contributed by atoms with E-state index >= 15 is 0 Å². The van der Waals surface area contributed by atoms with Gasteiger partial charge in [0.2, 0.25) is 0 Å². The van der Waals surface area contributed by atoms with Crippen LogP contribution in [0.4, 0.5) is 0 Å². The van der Waals surface area contributed by atoms with Crippen LogP contribution in [0.2, 0.25) is 0 Å². The highest BCUT2D eigenvalue weighted by molar-refractivity contribution is 6.23. The summed E-state index contributed by atoms with van der Waals surface area (Å²) in [5.74, 6) is 0.828. The van der Waals surface area contributed by atoms with Crippen molar-refractivity contribution in [1.29, 1.82) is 0 Å². The van der Waals surface area contributed by atoms with E-state index in [1.54, 1.807) is 7.11 Å². The van der Waals surface area contributed by atoms with Crippen molar-refractivity contribution in [2.24, 2.45) is 0 Å². The van der Waals surface area contributed by atoms with Crippen molar-refractivity contribution in [3.63, 3.8) is 0 Å². The molecule has 0 aliphatic heterocycles. The summed E-state index contributed by atoms with van der Waals surface area (Å²) in [6.45, 7) is 2.13. The quantitative estimate of drug-likeness (QED) is 0.581. The summed E-state index contributed by atoms with van der Waals surface area (Å²) in [5, 5.41) is 2.27. The summed E-state index contributed by atoms with van der Waals surface area (Å²) in [4.78, 5) is 0. The molecule has 0 amide bonds. The van der Waals surface area contributed by atoms with Crippen LogP contribution in [0.15, 0.2) is 60.7 Å². The molecule has 2 heteroatoms. The van der Waals surface area contributed by atoms with E-state index in [1.807, 2.05) is 24.3 Å². The summed E-state index contributed by atoms with van der Waals surface area (Å²) < 4.78 is 5.29. The summed E-state index contributed by atoms with van der Waals surface area (Å²) in [7, 11) is 1.67. The van der Waals surface area contributed by atoms with Gasteiger partial charge in [0.1, 0.15) is 5.75 Å². The molecular weight excluding hydrogens is 280 g/mol. The Labute approximate surface area is 130 Å². The van der Waals surface area contributed by atoms with Gasteiger partial charge in [-0.2, -0.15) is 0 Å². The van der Waals surface area contributed by atoms with E-state index in [1.165, 1.54) is 16.3 Å². The lowest BCUT2D eigenvalue weighted by Gasteiger charge is -2.15. The third-order valence-electron chi connectivity index (χ3n) is 3.84. The number of alkyl halides is 1. The van der Waals surface area contributed by atoms with Crippen molar-refractivity contribution >= 4 is 22.4 Å². The van der Waals surface area contributed by atoms with E-state index in [4.69, 9.17) is 16.3 Å². The zero-order valence-corrected chi connectivity index (χ0v) is 12.9. The van der Waals surface area contributed by atoms with E-state index in [0.29, 0.717) is 0 Å². The van der Waals surface area contributed by atoms with Crippen LogP contribution in [0.1, 0.15) is 22.1 Å². The lowest BCUT2D eigenvalue weighted by molar-refractivity contribution is 0.414. The van der Waals surface area contributed by atoms with E-state index in [-0.39, 0.29) is 5.38 Å². The van der Waals surface area contributed by atoms with Crippen molar-refractivity contribution < 1.29 is 4.74 Å². The van der Waals surface area contributed by atoms with Gasteiger partial charge in [-0.25, -0.2) is 0 Å². The fourth-order valence-corrected chi connectivity index (χ4v) is 3.00. The molecule has 0 N–H and O–H groups in total. The first-order valence-corrected chi connectivity index (χ1v) is 7.40. The Hall–Kier alpha value is -1.99. The number of fused-ring (bicyclic) bond motifs is 1. The highest BCUT2D eigenvalue weighted by Gasteiger charge is 2.15. The van der Waals surface area contributed by atoms with Gasteiger partial charge in [-0.1, -0.05) is 48.5 Å². The van der Waals surface area contributed by atoms with Crippen LogP contribution in [0.5, 0.6) is 5.75 Å². The highest BCUT2D eigenvalue weighted by atomic mass is 35.5. The van der Waals surface area contributed by atoms with Gasteiger partial charge in [-0.05, 0) is 46.5 Å². The standard InChI is InChI=1S/C19H17ClO/c1-13-10-11-18(17-9-4-3-8-16(13)17)19(20)14-6-5-7-15(12-14)21-2/h3-12,19H,1-2H3. The minimum atomic E-state index is -0.189. The smallest absolute Gasteiger partial charge is 0.119 e. The van der Waals surface area contributed by atoms with Crippen LogP contribution in [-0.4, -0.2) is 7.11 Å². The lowest BCUT2D eigenvalue weighted by Crippen LogP contribution is -1.96. The first-order chi connectivity index (χ1) is 10.2. The molecule has 1 atom stereocenters. The molecule has 3 aromatic carbocycles. The summed E-state index contributed by atoms with van der Waals surface area (Å²) in [6.07, 6.45) is 0. The average molecular weight is 297 g/mol. The number of aryl methyl sites for hydroxylation is 1. The van der Waals surface area contributed by atoms with Crippen molar-refractivity contribution in [1.82, 2.24) is 0 Å². The normalized spacial score (nSPS) is 12.3. The lowest BCUT2D eigenvalue weighted by atomic mass is 9.95. The maximum absolute atomic E-state index is 6.74. The van der Waals surface area contributed by atoms with E-state index < -0.39 is 0 Å². The Morgan fingerprint density at radius 2 is 1.67 bits per heavy atom. The highest BCUT2D eigenvalue weighted by Crippen LogP contribution is 2.35. The van der Waals surface area contributed by atoms with Crippen molar-refractivity contribution in [2.45, 2.75) is 12.3 Å². The molecule has 0 saturated heterocycles. The van der Waals surface area contributed by atoms with Gasteiger partial charge in [0, 0.05) is 0 Å². The zero-order chi connectivity index (χ0) is 14.8. The van der Waals surface area contributed by atoms with Gasteiger partial charge >= 0.3 is 0 Å². The Kier molecular flexibility index (Phi) is 3.85. The van der Waals surface area contributed by atoms with Gasteiger partial charge in [-0.3, -0.25) is 0 Å². The average Bonchev–Trinajstić information content (AvgIpc) is 2.55. The van der Waals surface area contributed by atoms with Gasteiger partial charge < -0.3 is 4.74 Å². The Balaban J connectivity index is 2.13. The summed E-state index contributed by atoms with van der Waals surface area (Å²) >= 11 is 6.74. The number of hydrogen-bond acceptors (Lipinski definition) is 1. The molecule has 106 valence electrons. The van der Waals surface area contributed by atoms with Crippen molar-refractivity contribution in [2.75, 3.05) is 7.11 Å². The minimum Gasteiger partial charge on any atom is -0.497 e. The monoisotopic (exact) mass is 296 g/mol. The van der Waals surface area contributed by atoms with Crippen LogP contribution in [-0.2, 0) is 0 Å². The third-order valence-corrected chi connectivity index (χ3v) is 4.32. The number of halogens is 1. The molecule has 1 nitrogen and oxygen atoms in total. The molecule has 0 fully saturated rings. The first kappa shape index (κ1) is 14.0. The number of hydrogen-bond donors (Lipinski definition) is 0. The molecule has 3 rings (SSSR count). The first-order valence-electron chi connectivity index (χ1n) is 6.97. The minimum absolute atomic E-state index is 0.189. The summed E-state index contributed by atoms with van der Waals surface area (Å²) in [6, 6.07) is 20.6. The van der Waals surface area contributed by atoms with E-state index in [9.17, 15) is 0 Å². The van der Waals surface area contributed by atoms with Crippen LogP contribution < -0.4 is 4.74 Å². The molecule has 3 aromatic rings. The van der Waals surface area contributed by atoms with Crippen LogP contribution in [0.25, 0.3) is 10.8 Å². The second kappa shape index (κ2) is 5.79. The second-order valence-electron chi connectivity index (χ2n) is 5.16. The van der Waals surface area contributed by atoms with Crippen molar-refractivity contribution in [3.05, 3.63) is 77.4 Å². The van der Waals surface area contributed by atoms with Crippen molar-refractivity contribution in [3.8, 4) is 5.75 Å². The maximum Gasteiger partial charge on any atom is 0.119 e. The molecule has 0 aromatic heterocycles. The zero-order valence-electron chi connectivity index (χ0n) is 12.1. The molecule has 21 heavy (non-hydrogen) atoms. The molecule has 0 spiro atoms. The number of methoxy groups -OCH3 is 1. The SMILES string of the molecule is COc1cccc(C(Cl)c2ccc(C)c3ccccc23)c1. The molecule has 1 unspecified atom stereocenters. The molecule has 0 aliphatic carbocycles. The Bertz CT molecular complexity index is 779. The fourth-order valence-electron chi connectivity index (χ4n) is 2.67. The molecule has 0 aliphatic rings. The third kappa shape index (κ3) is 2.62. The van der Waals surface area contributed by atoms with Crippen LogP contribution in [0, 0.1) is 6.92 Å². The number of rotatable bonds is 3. The predicted molar refractivity (Wildman–Crippen MR) is 89.4 cm³/mol. The second-order valence-corrected chi connectivity index (χ2v) is 5.59. The number of benzene rings is 3. The maximum atomic E-state index is 6.74. The van der Waals surface area contributed by atoms with Crippen LogP contribution in [0.3, 0.4) is 0 Å². The predicted octanol–water partition coefficient (Wildman–Crippen LogP) is 5.49. The van der Waals surface area contributed by atoms with Gasteiger partial charge in [-0.15, -0.1) is 11.6 Å². The number of ether oxygens (including phenoxy) is 1. The largest absolute Gasteiger partial charge is 0.497 e. The topological polar surface area (TPSA) is 9.23 Å². The summed E-state index contributed by atoms with van der Waals surface area (Å²) in [5.41, 5.74) is 3.44. The van der Waals surface area contributed by atoms with Gasteiger partial charge in [0.25, 0.3) is 0 Å². The molecule has 0 heterocycles. The van der Waals surface area contributed by atoms with E-state index in [2.05, 4.69) is 43.3 Å². The fraction of sp³-hybridized carbons (Fsp3) is 0.158. The molecule has 0 saturated carbocycles. The van der Waals surface area contributed by atoms with Crippen LogP contribution >= 0.6 is 11.6 Å². The van der Waals surface area contributed by atoms with Gasteiger partial charge in [0.05, 0.1) is 12.5 Å². The van der Waals surface area contributed by atoms with E-state index in [0.717, 1.165) is 16.9 Å². The molecule has 0 radical (unpaired) electrons. The Morgan fingerprint density at radius 1 is 0.905 bits per heavy atom. The molecule has 0 bridgehead atoms. The molecular formula is C19H17ClO.